The molecule has 0 bridgehead atoms. The smallest absolute Gasteiger partial charge is 0.110 e. The number of imidazole rings is 1. The highest BCUT2D eigenvalue weighted by Gasteiger charge is 2.13. The zero-order chi connectivity index (χ0) is 13.4. The van der Waals surface area contributed by atoms with Crippen molar-refractivity contribution in [1.82, 2.24) is 19.8 Å². The first-order chi connectivity index (χ1) is 8.67. The van der Waals surface area contributed by atoms with Crippen molar-refractivity contribution in [3.63, 3.8) is 0 Å². The molecule has 0 saturated carbocycles. The molecular formula is C14H28N4. The van der Waals surface area contributed by atoms with Gasteiger partial charge in [0.05, 0.1) is 0 Å². The third-order valence-electron chi connectivity index (χ3n) is 2.96. The van der Waals surface area contributed by atoms with Crippen LogP contribution in [0.2, 0.25) is 0 Å². The summed E-state index contributed by atoms with van der Waals surface area (Å²) in [6.07, 6.45) is 7.34. The Hall–Kier alpha value is -0.870. The van der Waals surface area contributed by atoms with Gasteiger partial charge in [-0.15, -0.1) is 0 Å². The van der Waals surface area contributed by atoms with Gasteiger partial charge in [-0.3, -0.25) is 0 Å². The van der Waals surface area contributed by atoms with Gasteiger partial charge in [0.2, 0.25) is 0 Å². The van der Waals surface area contributed by atoms with Crippen LogP contribution in [0.4, 0.5) is 0 Å². The van der Waals surface area contributed by atoms with E-state index in [1.54, 1.807) is 0 Å². The highest BCUT2D eigenvalue weighted by Crippen LogP contribution is 2.04. The van der Waals surface area contributed by atoms with E-state index in [0.29, 0.717) is 6.04 Å². The zero-order valence-electron chi connectivity index (χ0n) is 12.3. The maximum Gasteiger partial charge on any atom is 0.110 e. The highest BCUT2D eigenvalue weighted by molar-refractivity contribution is 4.96. The van der Waals surface area contributed by atoms with E-state index in [-0.39, 0.29) is 0 Å². The molecule has 0 radical (unpaired) electrons. The van der Waals surface area contributed by atoms with Crippen molar-refractivity contribution < 1.29 is 0 Å². The largest absolute Gasteiger partial charge is 0.335 e. The molecule has 0 spiro atoms. The van der Waals surface area contributed by atoms with E-state index in [4.69, 9.17) is 0 Å². The Morgan fingerprint density at radius 3 is 2.72 bits per heavy atom. The van der Waals surface area contributed by atoms with Gasteiger partial charge in [0.1, 0.15) is 5.82 Å². The first kappa shape index (κ1) is 15.2. The first-order valence-corrected chi connectivity index (χ1v) is 7.05. The van der Waals surface area contributed by atoms with Crippen molar-refractivity contribution in [3.05, 3.63) is 18.2 Å². The Balaban J connectivity index is 2.59. The third kappa shape index (κ3) is 5.19. The molecule has 1 unspecified atom stereocenters. The van der Waals surface area contributed by atoms with Gasteiger partial charge in [0.15, 0.2) is 0 Å². The molecule has 1 rings (SSSR count). The summed E-state index contributed by atoms with van der Waals surface area (Å²) < 4.78 is 2.27. The molecule has 0 aliphatic heterocycles. The Kier molecular flexibility index (Phi) is 6.98. The number of likely N-dealkylation sites (N-methyl/N-ethyl adjacent to an activating group) is 1. The average Bonchev–Trinajstić information content (AvgIpc) is 2.73. The van der Waals surface area contributed by atoms with Gasteiger partial charge in [0, 0.05) is 37.9 Å². The molecule has 1 atom stereocenters. The molecule has 104 valence electrons. The highest BCUT2D eigenvalue weighted by atomic mass is 15.1. The van der Waals surface area contributed by atoms with Crippen LogP contribution in [0.25, 0.3) is 0 Å². The lowest BCUT2D eigenvalue weighted by Crippen LogP contribution is -2.40. The summed E-state index contributed by atoms with van der Waals surface area (Å²) in [5.74, 6) is 1.20. The Morgan fingerprint density at radius 2 is 2.11 bits per heavy atom. The van der Waals surface area contributed by atoms with E-state index < -0.39 is 0 Å². The monoisotopic (exact) mass is 252 g/mol. The molecule has 1 aromatic rings. The SMILES string of the molecule is CCCNC(Cc1nccn1CCC)CN(C)C. The van der Waals surface area contributed by atoms with Crippen molar-refractivity contribution in [2.24, 2.45) is 0 Å². The number of hydrogen-bond acceptors (Lipinski definition) is 3. The maximum atomic E-state index is 4.49. The van der Waals surface area contributed by atoms with Gasteiger partial charge in [-0.2, -0.15) is 0 Å². The van der Waals surface area contributed by atoms with Crippen LogP contribution < -0.4 is 5.32 Å². The van der Waals surface area contributed by atoms with Crippen LogP contribution in [0, 0.1) is 0 Å². The van der Waals surface area contributed by atoms with Crippen LogP contribution >= 0.6 is 0 Å². The molecule has 4 heteroatoms. The first-order valence-electron chi connectivity index (χ1n) is 7.05. The summed E-state index contributed by atoms with van der Waals surface area (Å²) in [4.78, 5) is 6.73. The van der Waals surface area contributed by atoms with Gasteiger partial charge in [-0.25, -0.2) is 4.98 Å². The predicted octanol–water partition coefficient (Wildman–Crippen LogP) is 1.77. The van der Waals surface area contributed by atoms with Crippen molar-refractivity contribution in [2.45, 2.75) is 45.7 Å². The number of aromatic nitrogens is 2. The third-order valence-corrected chi connectivity index (χ3v) is 2.96. The molecule has 0 amide bonds. The summed E-state index contributed by atoms with van der Waals surface area (Å²) in [5, 5.41) is 3.61. The Bertz CT molecular complexity index is 319. The molecule has 4 nitrogen and oxygen atoms in total. The van der Waals surface area contributed by atoms with Gasteiger partial charge in [-0.1, -0.05) is 13.8 Å². The van der Waals surface area contributed by atoms with Crippen molar-refractivity contribution in [2.75, 3.05) is 27.2 Å². The van der Waals surface area contributed by atoms with E-state index in [1.807, 2.05) is 6.20 Å². The number of nitrogens with one attached hydrogen (secondary N) is 1. The van der Waals surface area contributed by atoms with E-state index in [9.17, 15) is 0 Å². The van der Waals surface area contributed by atoms with E-state index in [2.05, 4.69) is 53.9 Å². The lowest BCUT2D eigenvalue weighted by molar-refractivity contribution is 0.331. The average molecular weight is 252 g/mol. The van der Waals surface area contributed by atoms with Gasteiger partial charge >= 0.3 is 0 Å². The standard InChI is InChI=1S/C14H28N4/c1-5-7-15-13(12-17(3)4)11-14-16-8-10-18(14)9-6-2/h8,10,13,15H,5-7,9,11-12H2,1-4H3. The van der Waals surface area contributed by atoms with Crippen LogP contribution in [-0.4, -0.2) is 47.7 Å². The Labute approximate surface area is 111 Å². The normalized spacial score (nSPS) is 13.2. The number of rotatable bonds is 9. The van der Waals surface area contributed by atoms with Crippen molar-refractivity contribution in [1.29, 1.82) is 0 Å². The molecule has 0 aliphatic carbocycles. The van der Waals surface area contributed by atoms with E-state index in [0.717, 1.165) is 32.5 Å². The molecule has 18 heavy (non-hydrogen) atoms. The topological polar surface area (TPSA) is 33.1 Å². The summed E-state index contributed by atoms with van der Waals surface area (Å²) in [5.41, 5.74) is 0. The van der Waals surface area contributed by atoms with Crippen LogP contribution in [0.1, 0.15) is 32.5 Å². The second-order valence-electron chi connectivity index (χ2n) is 5.15. The fourth-order valence-corrected chi connectivity index (χ4v) is 2.19. The minimum atomic E-state index is 0.484. The minimum absolute atomic E-state index is 0.484. The second kappa shape index (κ2) is 8.27. The van der Waals surface area contributed by atoms with Crippen LogP contribution in [-0.2, 0) is 13.0 Å². The maximum absolute atomic E-state index is 4.49. The van der Waals surface area contributed by atoms with E-state index >= 15 is 0 Å². The molecular weight excluding hydrogens is 224 g/mol. The van der Waals surface area contributed by atoms with Crippen molar-refractivity contribution >= 4 is 0 Å². The van der Waals surface area contributed by atoms with Crippen LogP contribution in [0.3, 0.4) is 0 Å². The molecule has 1 aromatic heterocycles. The Morgan fingerprint density at radius 1 is 1.33 bits per heavy atom. The fourth-order valence-electron chi connectivity index (χ4n) is 2.19. The molecule has 1 N–H and O–H groups in total. The number of aryl methyl sites for hydroxylation is 1. The molecule has 0 saturated heterocycles. The van der Waals surface area contributed by atoms with E-state index in [1.165, 1.54) is 12.2 Å². The fraction of sp³-hybridized carbons (Fsp3) is 0.786. The lowest BCUT2D eigenvalue weighted by Gasteiger charge is -2.22. The molecule has 0 fully saturated rings. The summed E-state index contributed by atoms with van der Waals surface area (Å²) in [6.45, 7) is 7.61. The zero-order valence-corrected chi connectivity index (χ0v) is 12.3. The van der Waals surface area contributed by atoms with Gasteiger partial charge in [0.25, 0.3) is 0 Å². The lowest BCUT2D eigenvalue weighted by atomic mass is 10.1. The quantitative estimate of drug-likeness (QED) is 0.727. The van der Waals surface area contributed by atoms with Crippen molar-refractivity contribution in [3.8, 4) is 0 Å². The number of hydrogen-bond donors (Lipinski definition) is 1. The summed E-state index contributed by atoms with van der Waals surface area (Å²) in [7, 11) is 4.25. The molecule has 0 aromatic carbocycles. The number of nitrogens with zero attached hydrogens (tertiary/aromatic N) is 3. The summed E-state index contributed by atoms with van der Waals surface area (Å²) >= 11 is 0. The minimum Gasteiger partial charge on any atom is -0.335 e. The molecule has 0 aliphatic rings. The predicted molar refractivity (Wildman–Crippen MR) is 76.9 cm³/mol. The van der Waals surface area contributed by atoms with Gasteiger partial charge in [-0.05, 0) is 33.5 Å². The summed E-state index contributed by atoms with van der Waals surface area (Å²) in [6, 6.07) is 0.484. The van der Waals surface area contributed by atoms with Crippen LogP contribution in [0.5, 0.6) is 0 Å². The van der Waals surface area contributed by atoms with Gasteiger partial charge < -0.3 is 14.8 Å². The second-order valence-corrected chi connectivity index (χ2v) is 5.15. The van der Waals surface area contributed by atoms with Crippen LogP contribution in [0.15, 0.2) is 12.4 Å². The molecule has 1 heterocycles.